The number of carbonyl (C=O) groups is 1. The Hall–Kier alpha value is -2.34. The van der Waals surface area contributed by atoms with Crippen LogP contribution in [0.15, 0.2) is 24.4 Å². The number of hydrogen-bond donors (Lipinski definition) is 1. The average Bonchev–Trinajstić information content (AvgIpc) is 3.27. The van der Waals surface area contributed by atoms with Crippen molar-refractivity contribution in [2.24, 2.45) is 11.3 Å². The number of halogens is 6. The summed E-state index contributed by atoms with van der Waals surface area (Å²) in [5.74, 6) is -0.204. The van der Waals surface area contributed by atoms with E-state index in [1.165, 1.54) is 6.07 Å². The van der Waals surface area contributed by atoms with Crippen molar-refractivity contribution in [2.75, 3.05) is 31.1 Å². The third-order valence-electron chi connectivity index (χ3n) is 8.59. The number of nitrogens with one attached hydrogen (secondary N) is 1. The van der Waals surface area contributed by atoms with Gasteiger partial charge in [-0.05, 0) is 38.2 Å². The monoisotopic (exact) mass is 560 g/mol. The number of piperidine rings is 3. The Morgan fingerprint density at radius 2 is 1.95 bits per heavy atom. The molecule has 1 N–H and O–H groups in total. The number of aromatic nitrogens is 1. The Morgan fingerprint density at radius 3 is 2.58 bits per heavy atom. The van der Waals surface area contributed by atoms with Crippen LogP contribution >= 0.6 is 11.3 Å². The van der Waals surface area contributed by atoms with Crippen molar-refractivity contribution in [3.63, 3.8) is 0 Å². The van der Waals surface area contributed by atoms with Crippen molar-refractivity contribution >= 4 is 33.1 Å². The van der Waals surface area contributed by atoms with E-state index in [0.717, 1.165) is 29.8 Å². The van der Waals surface area contributed by atoms with Gasteiger partial charge in [0.1, 0.15) is 4.83 Å². The van der Waals surface area contributed by atoms with Crippen molar-refractivity contribution in [3.05, 3.63) is 34.8 Å². The number of nitrogens with zero attached hydrogens (tertiary/aromatic N) is 3. The predicted octanol–water partition coefficient (Wildman–Crippen LogP) is 5.55. The van der Waals surface area contributed by atoms with Crippen molar-refractivity contribution in [1.82, 2.24) is 15.2 Å². The highest BCUT2D eigenvalue weighted by Gasteiger charge is 2.50. The highest BCUT2D eigenvalue weighted by molar-refractivity contribution is 7.18. The van der Waals surface area contributed by atoms with Gasteiger partial charge >= 0.3 is 12.4 Å². The maximum atomic E-state index is 13.9. The number of thiophene rings is 1. The van der Waals surface area contributed by atoms with E-state index in [9.17, 15) is 31.1 Å². The summed E-state index contributed by atoms with van der Waals surface area (Å²) in [5, 5.41) is 3.47. The molecular formula is C26H28F6N4OS. The van der Waals surface area contributed by atoms with Gasteiger partial charge in [0.05, 0.1) is 26.5 Å². The molecule has 2 aromatic heterocycles. The van der Waals surface area contributed by atoms with E-state index < -0.39 is 30.4 Å². The van der Waals surface area contributed by atoms with Crippen LogP contribution in [0.5, 0.6) is 0 Å². The van der Waals surface area contributed by atoms with Crippen LogP contribution in [0.4, 0.5) is 32.0 Å². The number of pyridine rings is 1. The fourth-order valence-corrected chi connectivity index (χ4v) is 7.72. The first-order valence-electron chi connectivity index (χ1n) is 13.7. The summed E-state index contributed by atoms with van der Waals surface area (Å²) in [4.78, 5) is 20.7. The van der Waals surface area contributed by atoms with E-state index in [1.54, 1.807) is 9.80 Å². The van der Waals surface area contributed by atoms with Crippen LogP contribution in [0.25, 0.3) is 10.2 Å². The summed E-state index contributed by atoms with van der Waals surface area (Å²) >= 11 is 0.759. The second-order valence-corrected chi connectivity index (χ2v) is 12.3. The smallest absolute Gasteiger partial charge is 0.369 e. The SMILES string of the molecule is [2H]C([2H])=C1CC2CC[C@H]1[C@@H](C(=O)N1CCC3(CC1)CN(c1c(C(F)(F)F)cnc4sc(CC(F)(F)F)cc14)C3)N2. The average molecular weight is 561 g/mol. The third-order valence-corrected chi connectivity index (χ3v) is 9.64. The van der Waals surface area contributed by atoms with Crippen LogP contribution in [0.2, 0.25) is 0 Å². The molecule has 5 fully saturated rings. The van der Waals surface area contributed by atoms with Crippen LogP contribution in [-0.4, -0.2) is 60.2 Å². The van der Waals surface area contributed by atoms with Crippen LogP contribution < -0.4 is 10.2 Å². The van der Waals surface area contributed by atoms with Gasteiger partial charge in [0.2, 0.25) is 5.91 Å². The normalized spacial score (nSPS) is 27.9. The fourth-order valence-electron chi connectivity index (χ4n) is 6.69. The molecule has 12 heteroatoms. The van der Waals surface area contributed by atoms with E-state index in [1.807, 2.05) is 0 Å². The molecule has 1 spiro atoms. The molecule has 1 saturated carbocycles. The number of likely N-dealkylation sites (tertiary alicyclic amines) is 1. The molecule has 6 heterocycles. The summed E-state index contributed by atoms with van der Waals surface area (Å²) in [5.41, 5.74) is -0.619. The van der Waals surface area contributed by atoms with Crippen molar-refractivity contribution in [3.8, 4) is 0 Å². The lowest BCUT2D eigenvalue weighted by Crippen LogP contribution is -2.64. The van der Waals surface area contributed by atoms with E-state index in [2.05, 4.69) is 10.3 Å². The van der Waals surface area contributed by atoms with Gasteiger partial charge in [0, 0.05) is 60.0 Å². The summed E-state index contributed by atoms with van der Waals surface area (Å²) in [6, 6.07) is 0.818. The zero-order valence-corrected chi connectivity index (χ0v) is 21.2. The zero-order valence-electron chi connectivity index (χ0n) is 22.4. The molecule has 4 aliphatic heterocycles. The van der Waals surface area contributed by atoms with Gasteiger partial charge in [0.25, 0.3) is 0 Å². The molecule has 1 aliphatic carbocycles. The minimum absolute atomic E-state index is 0.0511. The van der Waals surface area contributed by atoms with E-state index in [0.29, 0.717) is 51.6 Å². The van der Waals surface area contributed by atoms with Crippen molar-refractivity contribution in [2.45, 2.75) is 63.0 Å². The molecule has 3 atom stereocenters. The molecule has 0 radical (unpaired) electrons. The zero-order chi connectivity index (χ0) is 28.6. The third kappa shape index (κ3) is 4.57. The van der Waals surface area contributed by atoms with E-state index in [4.69, 9.17) is 2.74 Å². The topological polar surface area (TPSA) is 48.5 Å². The summed E-state index contributed by atoms with van der Waals surface area (Å²) < 4.78 is 96.3. The van der Waals surface area contributed by atoms with E-state index >= 15 is 0 Å². The highest BCUT2D eigenvalue weighted by Crippen LogP contribution is 2.50. The molecule has 1 amide bonds. The Morgan fingerprint density at radius 1 is 1.21 bits per heavy atom. The number of hydrogen-bond acceptors (Lipinski definition) is 5. The van der Waals surface area contributed by atoms with Gasteiger partial charge in [-0.15, -0.1) is 11.3 Å². The van der Waals surface area contributed by atoms with Gasteiger partial charge in [-0.3, -0.25) is 4.79 Å². The van der Waals surface area contributed by atoms with Crippen molar-refractivity contribution in [1.29, 1.82) is 0 Å². The van der Waals surface area contributed by atoms with Crippen LogP contribution in [0.3, 0.4) is 0 Å². The Kier molecular flexibility index (Phi) is 5.47. The number of anilines is 1. The Balaban J connectivity index is 1.17. The second kappa shape index (κ2) is 8.84. The first kappa shape index (κ1) is 23.5. The number of rotatable bonds is 3. The highest BCUT2D eigenvalue weighted by atomic mass is 32.1. The van der Waals surface area contributed by atoms with Crippen LogP contribution in [-0.2, 0) is 17.4 Å². The minimum atomic E-state index is -4.71. The molecule has 5 aliphatic rings. The minimum Gasteiger partial charge on any atom is -0.369 e. The quantitative estimate of drug-likeness (QED) is 0.396. The Bertz CT molecular complexity index is 1360. The molecule has 0 aromatic carbocycles. The fraction of sp³-hybridized carbons (Fsp3) is 0.615. The maximum absolute atomic E-state index is 13.9. The predicted molar refractivity (Wildman–Crippen MR) is 132 cm³/mol. The lowest BCUT2D eigenvalue weighted by atomic mass is 9.70. The second-order valence-electron chi connectivity index (χ2n) is 11.2. The standard InChI is InChI=1S/C26H28F6N4OS/c1-14-8-15-2-3-17(14)20(34-15)23(37)35-6-4-24(5-7-35)12-36(13-24)21-18-9-16(10-25(27,28)29)38-22(18)33-11-19(21)26(30,31)32/h9,11,15,17,20,34H,1-8,10,12-13H2/t15?,17-,20+/m1/s1/i1D2. The number of fused-ring (bicyclic) bond motifs is 4. The largest absolute Gasteiger partial charge is 0.419 e. The first-order chi connectivity index (χ1) is 18.7. The van der Waals surface area contributed by atoms with Crippen LogP contribution in [0.1, 0.15) is 45.3 Å². The summed E-state index contributed by atoms with van der Waals surface area (Å²) in [6.07, 6.45) is -6.17. The molecule has 1 unspecified atom stereocenters. The van der Waals surface area contributed by atoms with E-state index in [-0.39, 0.29) is 50.6 Å². The molecule has 5 nitrogen and oxygen atoms in total. The molecule has 206 valence electrons. The maximum Gasteiger partial charge on any atom is 0.419 e. The molecular weight excluding hydrogens is 530 g/mol. The number of carbonyl (C=O) groups excluding carboxylic acids is 1. The molecule has 4 saturated heterocycles. The van der Waals surface area contributed by atoms with Gasteiger partial charge in [-0.25, -0.2) is 4.98 Å². The molecule has 7 rings (SSSR count). The Labute approximate surface area is 222 Å². The van der Waals surface area contributed by atoms with Crippen molar-refractivity contribution < 1.29 is 33.9 Å². The van der Waals surface area contributed by atoms with Gasteiger partial charge in [-0.1, -0.05) is 12.1 Å². The molecule has 2 aromatic rings. The summed E-state index contributed by atoms with van der Waals surface area (Å²) in [6.45, 7) is 1.36. The molecule has 2 bridgehead atoms. The van der Waals surface area contributed by atoms with Gasteiger partial charge < -0.3 is 15.1 Å². The van der Waals surface area contributed by atoms with Crippen LogP contribution in [0, 0.1) is 11.3 Å². The number of alkyl halides is 6. The summed E-state index contributed by atoms with van der Waals surface area (Å²) in [7, 11) is 0. The first-order valence-corrected chi connectivity index (χ1v) is 13.6. The molecule has 38 heavy (non-hydrogen) atoms. The van der Waals surface area contributed by atoms with Gasteiger partial charge in [0.15, 0.2) is 0 Å². The van der Waals surface area contributed by atoms with Gasteiger partial charge in [-0.2, -0.15) is 26.3 Å². The number of amides is 1. The lowest BCUT2D eigenvalue weighted by molar-refractivity contribution is -0.139. The lowest BCUT2D eigenvalue weighted by Gasteiger charge is -2.56.